The van der Waals surface area contributed by atoms with Crippen LogP contribution in [0.5, 0.6) is 0 Å². The van der Waals surface area contributed by atoms with Gasteiger partial charge in [0.1, 0.15) is 18.2 Å². The molecule has 2 N–H and O–H groups in total. The van der Waals surface area contributed by atoms with Crippen molar-refractivity contribution in [2.75, 3.05) is 37.7 Å². The summed E-state index contributed by atoms with van der Waals surface area (Å²) >= 11 is 0. The Kier molecular flexibility index (Phi) is 8.84. The zero-order valence-corrected chi connectivity index (χ0v) is 19.7. The Morgan fingerprint density at radius 1 is 1.31 bits per heavy atom. The monoisotopic (exact) mass is 445 g/mol. The first kappa shape index (κ1) is 24.0. The summed E-state index contributed by atoms with van der Waals surface area (Å²) in [6, 6.07) is 5.46. The van der Waals surface area contributed by atoms with Gasteiger partial charge in [0.15, 0.2) is 11.8 Å². The number of hydrogen-bond donors (Lipinski definition) is 2. The maximum Gasteiger partial charge on any atom is 0.191 e. The molecular formula is C23H36FN7O. The van der Waals surface area contributed by atoms with Crippen LogP contribution < -0.4 is 15.5 Å². The number of aryl methyl sites for hydroxylation is 2. The zero-order chi connectivity index (χ0) is 22.9. The second kappa shape index (κ2) is 11.8. The fourth-order valence-corrected chi connectivity index (χ4v) is 3.79. The van der Waals surface area contributed by atoms with E-state index in [-0.39, 0.29) is 11.9 Å². The van der Waals surface area contributed by atoms with Crippen molar-refractivity contribution in [2.45, 2.75) is 52.6 Å². The van der Waals surface area contributed by atoms with E-state index in [1.54, 1.807) is 6.07 Å². The Morgan fingerprint density at radius 3 is 2.91 bits per heavy atom. The van der Waals surface area contributed by atoms with Crippen LogP contribution in [0, 0.1) is 19.7 Å². The van der Waals surface area contributed by atoms with Gasteiger partial charge in [0.05, 0.1) is 5.69 Å². The van der Waals surface area contributed by atoms with Gasteiger partial charge in [0, 0.05) is 45.9 Å². The predicted molar refractivity (Wildman–Crippen MR) is 125 cm³/mol. The lowest BCUT2D eigenvalue weighted by molar-refractivity contribution is 0.145. The van der Waals surface area contributed by atoms with E-state index < -0.39 is 0 Å². The van der Waals surface area contributed by atoms with E-state index in [1.165, 1.54) is 0 Å². The number of aliphatic imine (C=N–C) groups is 1. The first-order valence-electron chi connectivity index (χ1n) is 11.5. The molecule has 3 rings (SSSR count). The van der Waals surface area contributed by atoms with Crippen molar-refractivity contribution in [1.82, 2.24) is 25.4 Å². The minimum Gasteiger partial charge on any atom is -0.382 e. The number of guanidine groups is 1. The Morgan fingerprint density at radius 2 is 2.16 bits per heavy atom. The average molecular weight is 446 g/mol. The van der Waals surface area contributed by atoms with Crippen LogP contribution in [0.1, 0.15) is 43.4 Å². The third-order valence-corrected chi connectivity index (χ3v) is 5.73. The van der Waals surface area contributed by atoms with Crippen molar-refractivity contribution in [3.63, 3.8) is 0 Å². The molecule has 0 aliphatic carbocycles. The summed E-state index contributed by atoms with van der Waals surface area (Å²) in [5.41, 5.74) is 1.74. The van der Waals surface area contributed by atoms with Crippen LogP contribution in [0.2, 0.25) is 0 Å². The van der Waals surface area contributed by atoms with E-state index >= 15 is 0 Å². The molecule has 0 radical (unpaired) electrons. The van der Waals surface area contributed by atoms with Gasteiger partial charge in [-0.25, -0.2) is 9.38 Å². The number of nitrogens with one attached hydrogen (secondary N) is 2. The molecule has 8 nitrogen and oxygen atoms in total. The Balaban J connectivity index is 1.66. The summed E-state index contributed by atoms with van der Waals surface area (Å²) in [4.78, 5) is 6.87. The summed E-state index contributed by atoms with van der Waals surface area (Å²) in [6.45, 7) is 10.1. The summed E-state index contributed by atoms with van der Waals surface area (Å²) in [5.74, 6) is 2.23. The number of piperidine rings is 1. The topological polar surface area (TPSA) is 79.6 Å². The number of nitrogens with zero attached hydrogens (tertiary/aromatic N) is 5. The minimum absolute atomic E-state index is 0.169. The zero-order valence-electron chi connectivity index (χ0n) is 19.7. The van der Waals surface area contributed by atoms with Crippen LogP contribution >= 0.6 is 0 Å². The number of halogens is 1. The van der Waals surface area contributed by atoms with Crippen LogP contribution in [0.15, 0.2) is 23.2 Å². The summed E-state index contributed by atoms with van der Waals surface area (Å²) in [6.07, 6.45) is 2.89. The Labute approximate surface area is 190 Å². The number of ether oxygens (including phenoxy) is 1. The first-order chi connectivity index (χ1) is 15.5. The molecule has 0 amide bonds. The molecule has 9 heteroatoms. The summed E-state index contributed by atoms with van der Waals surface area (Å²) in [5, 5.41) is 15.3. The molecule has 176 valence electrons. The van der Waals surface area contributed by atoms with Gasteiger partial charge in [-0.05, 0) is 57.7 Å². The van der Waals surface area contributed by atoms with Gasteiger partial charge in [-0.2, -0.15) is 0 Å². The van der Waals surface area contributed by atoms with E-state index in [0.29, 0.717) is 18.8 Å². The van der Waals surface area contributed by atoms with E-state index in [9.17, 15) is 4.39 Å². The normalized spacial score (nSPS) is 17.0. The van der Waals surface area contributed by atoms with E-state index in [4.69, 9.17) is 9.73 Å². The van der Waals surface area contributed by atoms with Crippen LogP contribution in [0.3, 0.4) is 0 Å². The smallest absolute Gasteiger partial charge is 0.191 e. The minimum atomic E-state index is -0.170. The molecule has 1 unspecified atom stereocenters. The Bertz CT molecular complexity index is 898. The van der Waals surface area contributed by atoms with Gasteiger partial charge in [-0.15, -0.1) is 10.2 Å². The second-order valence-corrected chi connectivity index (χ2v) is 8.25. The number of hydrogen-bond acceptors (Lipinski definition) is 5. The fourth-order valence-electron chi connectivity index (χ4n) is 3.79. The molecule has 0 spiro atoms. The number of aromatic nitrogens is 3. The van der Waals surface area contributed by atoms with Crippen molar-refractivity contribution in [1.29, 1.82) is 0 Å². The number of benzene rings is 1. The van der Waals surface area contributed by atoms with Crippen molar-refractivity contribution in [2.24, 2.45) is 12.0 Å². The molecule has 1 aliphatic heterocycles. The maximum atomic E-state index is 14.4. The highest BCUT2D eigenvalue weighted by Crippen LogP contribution is 2.24. The van der Waals surface area contributed by atoms with Crippen LogP contribution in [0.25, 0.3) is 0 Å². The quantitative estimate of drug-likeness (QED) is 0.351. The molecule has 0 saturated carbocycles. The lowest BCUT2D eigenvalue weighted by atomic mass is 10.0. The van der Waals surface area contributed by atoms with Crippen molar-refractivity contribution in [3.8, 4) is 0 Å². The van der Waals surface area contributed by atoms with E-state index in [1.807, 2.05) is 44.5 Å². The highest BCUT2D eigenvalue weighted by atomic mass is 19.1. The van der Waals surface area contributed by atoms with Crippen molar-refractivity contribution < 1.29 is 9.13 Å². The third kappa shape index (κ3) is 6.66. The predicted octanol–water partition coefficient (Wildman–Crippen LogP) is 2.70. The second-order valence-electron chi connectivity index (χ2n) is 8.25. The van der Waals surface area contributed by atoms with E-state index in [0.717, 1.165) is 68.7 Å². The van der Waals surface area contributed by atoms with Gasteiger partial charge >= 0.3 is 0 Å². The molecule has 1 saturated heterocycles. The summed E-state index contributed by atoms with van der Waals surface area (Å²) in [7, 11) is 1.94. The molecule has 1 aromatic heterocycles. The maximum absolute atomic E-state index is 14.4. The van der Waals surface area contributed by atoms with Crippen LogP contribution in [-0.4, -0.2) is 59.6 Å². The van der Waals surface area contributed by atoms with Crippen LogP contribution in [0.4, 0.5) is 10.1 Å². The van der Waals surface area contributed by atoms with Crippen LogP contribution in [-0.2, 0) is 18.3 Å². The average Bonchev–Trinajstić information content (AvgIpc) is 3.11. The molecular weight excluding hydrogens is 409 g/mol. The molecule has 1 aliphatic rings. The highest BCUT2D eigenvalue weighted by Gasteiger charge is 2.23. The lowest BCUT2D eigenvalue weighted by Gasteiger charge is -2.35. The molecule has 2 heterocycles. The van der Waals surface area contributed by atoms with Gasteiger partial charge in [0.2, 0.25) is 0 Å². The molecule has 32 heavy (non-hydrogen) atoms. The number of rotatable bonds is 9. The molecule has 1 atom stereocenters. The third-order valence-electron chi connectivity index (χ3n) is 5.73. The molecule has 1 aromatic carbocycles. The first-order valence-corrected chi connectivity index (χ1v) is 11.5. The molecule has 1 fully saturated rings. The van der Waals surface area contributed by atoms with Gasteiger partial charge in [0.25, 0.3) is 0 Å². The van der Waals surface area contributed by atoms with Crippen molar-refractivity contribution >= 4 is 11.6 Å². The van der Waals surface area contributed by atoms with Crippen molar-refractivity contribution in [3.05, 3.63) is 41.2 Å². The van der Waals surface area contributed by atoms with Gasteiger partial charge < -0.3 is 24.8 Å². The highest BCUT2D eigenvalue weighted by molar-refractivity contribution is 5.80. The summed E-state index contributed by atoms with van der Waals surface area (Å²) < 4.78 is 21.8. The number of anilines is 1. The SMILES string of the molecule is CCOCCCNC(=NCc1nnc(C)n1C)NC1CCCN(c2cc(C)ccc2F)C1. The molecule has 0 bridgehead atoms. The Hall–Kier alpha value is -2.68. The van der Waals surface area contributed by atoms with Gasteiger partial charge in [-0.3, -0.25) is 0 Å². The van der Waals surface area contributed by atoms with Gasteiger partial charge in [-0.1, -0.05) is 6.07 Å². The largest absolute Gasteiger partial charge is 0.382 e. The lowest BCUT2D eigenvalue weighted by Crippen LogP contribution is -2.51. The standard InChI is InChI=1S/C23H36FN7O/c1-5-32-13-7-11-25-23(26-15-22-29-28-18(3)30(22)4)27-19-8-6-12-31(16-19)21-14-17(2)9-10-20(21)24/h9-10,14,19H,5-8,11-13,15-16H2,1-4H3,(H2,25,26,27). The van der Waals surface area contributed by atoms with E-state index in [2.05, 4.69) is 25.7 Å². The molecule has 2 aromatic rings. The fraction of sp³-hybridized carbons (Fsp3) is 0.609.